The summed E-state index contributed by atoms with van der Waals surface area (Å²) < 4.78 is 0. The minimum Gasteiger partial charge on any atom is -0.255 e. The number of aromatic nitrogens is 2. The van der Waals surface area contributed by atoms with Gasteiger partial charge in [-0.15, -0.1) is 0 Å². The first-order valence-electron chi connectivity index (χ1n) is 5.83. The second-order valence-electron chi connectivity index (χ2n) is 3.87. The van der Waals surface area contributed by atoms with Crippen LogP contribution in [0.15, 0.2) is 42.7 Å². The minimum absolute atomic E-state index is 0.960. The highest BCUT2D eigenvalue weighted by molar-refractivity contribution is 9.09. The minimum atomic E-state index is 0.960. The molecule has 0 aromatic carbocycles. The van der Waals surface area contributed by atoms with Crippen molar-refractivity contribution in [3.63, 3.8) is 0 Å². The third kappa shape index (κ3) is 3.37. The van der Waals surface area contributed by atoms with E-state index in [2.05, 4.69) is 32.0 Å². The maximum Gasteiger partial charge on any atom is 0.0918 e. The van der Waals surface area contributed by atoms with Gasteiger partial charge in [-0.3, -0.25) is 9.97 Å². The Morgan fingerprint density at radius 3 is 2.59 bits per heavy atom. The Balaban J connectivity index is 2.22. The summed E-state index contributed by atoms with van der Waals surface area (Å²) in [4.78, 5) is 8.82. The highest BCUT2D eigenvalue weighted by atomic mass is 79.9. The van der Waals surface area contributed by atoms with Crippen LogP contribution >= 0.6 is 15.9 Å². The maximum absolute atomic E-state index is 4.45. The zero-order valence-corrected chi connectivity index (χ0v) is 11.2. The molecule has 0 N–H and O–H groups in total. The normalized spacial score (nSPS) is 10.4. The van der Waals surface area contributed by atoms with Crippen LogP contribution in [-0.4, -0.2) is 15.3 Å². The van der Waals surface area contributed by atoms with Crippen molar-refractivity contribution in [1.82, 2.24) is 9.97 Å². The lowest BCUT2D eigenvalue weighted by atomic mass is 10.0. The molecule has 17 heavy (non-hydrogen) atoms. The van der Waals surface area contributed by atoms with Gasteiger partial charge in [0, 0.05) is 17.7 Å². The molecule has 0 saturated carbocycles. The van der Waals surface area contributed by atoms with Crippen LogP contribution in [0.4, 0.5) is 0 Å². The van der Waals surface area contributed by atoms with Crippen molar-refractivity contribution < 1.29 is 0 Å². The monoisotopic (exact) mass is 290 g/mol. The van der Waals surface area contributed by atoms with E-state index >= 15 is 0 Å². The van der Waals surface area contributed by atoms with Crippen LogP contribution < -0.4 is 0 Å². The average molecular weight is 291 g/mol. The summed E-state index contributed by atoms with van der Waals surface area (Å²) in [7, 11) is 0. The SMILES string of the molecule is BrCCCCc1cccnc1-c1ccccn1. The van der Waals surface area contributed by atoms with Gasteiger partial charge in [-0.2, -0.15) is 0 Å². The summed E-state index contributed by atoms with van der Waals surface area (Å²) in [6.07, 6.45) is 7.07. The van der Waals surface area contributed by atoms with Crippen LogP contribution in [0.25, 0.3) is 11.4 Å². The molecule has 0 fully saturated rings. The molecule has 0 aliphatic heterocycles. The second-order valence-corrected chi connectivity index (χ2v) is 4.67. The molecule has 0 aliphatic carbocycles. The zero-order valence-electron chi connectivity index (χ0n) is 9.64. The average Bonchev–Trinajstić information content (AvgIpc) is 2.41. The number of hydrogen-bond acceptors (Lipinski definition) is 2. The maximum atomic E-state index is 4.45. The van der Waals surface area contributed by atoms with Crippen LogP contribution in [0, 0.1) is 0 Å². The fraction of sp³-hybridized carbons (Fsp3) is 0.286. The van der Waals surface area contributed by atoms with Gasteiger partial charge >= 0.3 is 0 Å². The van der Waals surface area contributed by atoms with E-state index in [4.69, 9.17) is 0 Å². The van der Waals surface area contributed by atoms with Crippen molar-refractivity contribution in [2.24, 2.45) is 0 Å². The number of rotatable bonds is 5. The van der Waals surface area contributed by atoms with Crippen molar-refractivity contribution in [2.45, 2.75) is 19.3 Å². The number of halogens is 1. The van der Waals surface area contributed by atoms with E-state index in [9.17, 15) is 0 Å². The molecule has 0 amide bonds. The molecule has 2 rings (SSSR count). The summed E-state index contributed by atoms with van der Waals surface area (Å²) in [5.41, 5.74) is 3.26. The number of nitrogens with zero attached hydrogens (tertiary/aromatic N) is 2. The van der Waals surface area contributed by atoms with E-state index in [0.717, 1.165) is 23.1 Å². The van der Waals surface area contributed by atoms with Gasteiger partial charge < -0.3 is 0 Å². The molecule has 2 heterocycles. The lowest BCUT2D eigenvalue weighted by Gasteiger charge is -2.07. The first-order chi connectivity index (χ1) is 8.42. The van der Waals surface area contributed by atoms with Crippen molar-refractivity contribution in [1.29, 1.82) is 0 Å². The number of alkyl halides is 1. The zero-order chi connectivity index (χ0) is 11.9. The molecule has 3 heteroatoms. The standard InChI is InChI=1S/C14H15BrN2/c15-9-3-1-6-12-7-5-11-17-14(12)13-8-2-4-10-16-13/h2,4-5,7-8,10-11H,1,3,6,9H2. The largest absolute Gasteiger partial charge is 0.255 e. The van der Waals surface area contributed by atoms with Crippen LogP contribution in [0.2, 0.25) is 0 Å². The van der Waals surface area contributed by atoms with E-state index in [-0.39, 0.29) is 0 Å². The molecule has 0 aliphatic rings. The van der Waals surface area contributed by atoms with Crippen molar-refractivity contribution in [2.75, 3.05) is 5.33 Å². The Morgan fingerprint density at radius 1 is 0.941 bits per heavy atom. The Morgan fingerprint density at radius 2 is 1.82 bits per heavy atom. The summed E-state index contributed by atoms with van der Waals surface area (Å²) >= 11 is 3.46. The smallest absolute Gasteiger partial charge is 0.0918 e. The lowest BCUT2D eigenvalue weighted by molar-refractivity contribution is 0.804. The lowest BCUT2D eigenvalue weighted by Crippen LogP contribution is -1.95. The van der Waals surface area contributed by atoms with Crippen molar-refractivity contribution in [3.8, 4) is 11.4 Å². The van der Waals surface area contributed by atoms with Crippen LogP contribution in [0.3, 0.4) is 0 Å². The van der Waals surface area contributed by atoms with Crippen LogP contribution in [0.5, 0.6) is 0 Å². The fourth-order valence-corrected chi connectivity index (χ4v) is 2.18. The Kier molecular flexibility index (Phi) is 4.68. The Hall–Kier alpha value is -1.22. The predicted molar refractivity (Wildman–Crippen MR) is 74.2 cm³/mol. The van der Waals surface area contributed by atoms with Crippen LogP contribution in [0.1, 0.15) is 18.4 Å². The third-order valence-corrected chi connectivity index (χ3v) is 3.19. The third-order valence-electron chi connectivity index (χ3n) is 2.63. The molecule has 0 bridgehead atoms. The Labute approximate surface area is 110 Å². The number of aryl methyl sites for hydroxylation is 1. The van der Waals surface area contributed by atoms with Gasteiger partial charge in [0.05, 0.1) is 11.4 Å². The highest BCUT2D eigenvalue weighted by Crippen LogP contribution is 2.20. The van der Waals surface area contributed by atoms with E-state index in [1.807, 2.05) is 36.7 Å². The van der Waals surface area contributed by atoms with Gasteiger partial charge in [0.25, 0.3) is 0 Å². The molecule has 88 valence electrons. The number of hydrogen-bond donors (Lipinski definition) is 0. The molecule has 0 spiro atoms. The summed E-state index contributed by atoms with van der Waals surface area (Å²) in [6.45, 7) is 0. The van der Waals surface area contributed by atoms with Gasteiger partial charge in [0.15, 0.2) is 0 Å². The molecule has 0 radical (unpaired) electrons. The van der Waals surface area contributed by atoms with E-state index in [0.29, 0.717) is 0 Å². The quantitative estimate of drug-likeness (QED) is 0.617. The van der Waals surface area contributed by atoms with Gasteiger partial charge in [-0.25, -0.2) is 0 Å². The predicted octanol–water partition coefficient (Wildman–Crippen LogP) is 3.86. The highest BCUT2D eigenvalue weighted by Gasteiger charge is 2.06. The van der Waals surface area contributed by atoms with Gasteiger partial charge in [-0.1, -0.05) is 28.1 Å². The van der Waals surface area contributed by atoms with Crippen molar-refractivity contribution in [3.05, 3.63) is 48.3 Å². The van der Waals surface area contributed by atoms with E-state index in [1.165, 1.54) is 18.4 Å². The molecule has 0 unspecified atom stereocenters. The van der Waals surface area contributed by atoms with E-state index < -0.39 is 0 Å². The first-order valence-corrected chi connectivity index (χ1v) is 6.95. The first kappa shape index (κ1) is 12.2. The molecule has 2 aromatic heterocycles. The van der Waals surface area contributed by atoms with Gasteiger partial charge in [0.1, 0.15) is 0 Å². The van der Waals surface area contributed by atoms with Gasteiger partial charge in [0.2, 0.25) is 0 Å². The van der Waals surface area contributed by atoms with E-state index in [1.54, 1.807) is 0 Å². The van der Waals surface area contributed by atoms with Crippen molar-refractivity contribution >= 4 is 15.9 Å². The number of pyridine rings is 2. The molecule has 2 aromatic rings. The van der Waals surface area contributed by atoms with Crippen LogP contribution in [-0.2, 0) is 6.42 Å². The molecular weight excluding hydrogens is 276 g/mol. The van der Waals surface area contributed by atoms with Gasteiger partial charge in [-0.05, 0) is 43.0 Å². The molecule has 2 nitrogen and oxygen atoms in total. The Bertz CT molecular complexity index is 457. The molecule has 0 atom stereocenters. The number of unbranched alkanes of at least 4 members (excludes halogenated alkanes) is 1. The summed E-state index contributed by atoms with van der Waals surface area (Å²) in [6, 6.07) is 10.1. The summed E-state index contributed by atoms with van der Waals surface area (Å²) in [5.74, 6) is 0. The summed E-state index contributed by atoms with van der Waals surface area (Å²) in [5, 5.41) is 1.06. The topological polar surface area (TPSA) is 25.8 Å². The molecule has 0 saturated heterocycles. The fourth-order valence-electron chi connectivity index (χ4n) is 1.78. The second kappa shape index (κ2) is 6.50. The molecular formula is C14H15BrN2.